The fourth-order valence-electron chi connectivity index (χ4n) is 3.16. The average Bonchev–Trinajstić information content (AvgIpc) is 2.42. The van der Waals surface area contributed by atoms with Crippen molar-refractivity contribution in [2.75, 3.05) is 5.01 Å². The molecule has 4 nitrogen and oxygen atoms in total. The van der Waals surface area contributed by atoms with Crippen molar-refractivity contribution < 1.29 is 0 Å². The summed E-state index contributed by atoms with van der Waals surface area (Å²) in [6, 6.07) is 8.18. The van der Waals surface area contributed by atoms with Crippen molar-refractivity contribution in [3.8, 4) is 0 Å². The molecule has 2 atom stereocenters. The van der Waals surface area contributed by atoms with E-state index < -0.39 is 0 Å². The molecule has 1 aliphatic rings. The minimum atomic E-state index is -0.0232. The predicted octanol–water partition coefficient (Wildman–Crippen LogP) is 2.96. The summed E-state index contributed by atoms with van der Waals surface area (Å²) < 4.78 is 2.14. The molecule has 1 N–H and O–H groups in total. The molecule has 0 aliphatic carbocycles. The molecule has 0 spiro atoms. The van der Waals surface area contributed by atoms with E-state index in [1.165, 1.54) is 6.42 Å². The number of rotatable bonds is 1. The summed E-state index contributed by atoms with van der Waals surface area (Å²) >= 11 is 5.42. The topological polar surface area (TPSA) is 41.0 Å². The van der Waals surface area contributed by atoms with Gasteiger partial charge in [-0.05, 0) is 57.5 Å². The number of nitrogens with one attached hydrogen (secondary N) is 1. The highest BCUT2D eigenvalue weighted by Crippen LogP contribution is 2.21. The molecule has 2 unspecified atom stereocenters. The lowest BCUT2D eigenvalue weighted by Gasteiger charge is -2.41. The lowest BCUT2D eigenvalue weighted by Crippen LogP contribution is -2.55. The Hall–Kier alpha value is -1.62. The van der Waals surface area contributed by atoms with Crippen molar-refractivity contribution in [1.82, 2.24) is 9.66 Å². The number of benzene rings is 1. The van der Waals surface area contributed by atoms with Crippen LogP contribution in [0.4, 0.5) is 0 Å². The number of nitrogens with zero attached hydrogens (tertiary/aromatic N) is 2. The molecular weight excluding hydrogens is 270 g/mol. The molecule has 1 aromatic heterocycles. The molecule has 1 aromatic carbocycles. The number of hydrogen-bond acceptors (Lipinski definition) is 3. The largest absolute Gasteiger partial charge is 0.330 e. The first kappa shape index (κ1) is 13.4. The number of H-pyrrole nitrogens is 1. The monoisotopic (exact) mass is 289 g/mol. The molecule has 106 valence electrons. The maximum Gasteiger partial charge on any atom is 0.280 e. The quantitative estimate of drug-likeness (QED) is 0.821. The molecule has 2 aromatic rings. The van der Waals surface area contributed by atoms with E-state index in [0.29, 0.717) is 22.2 Å². The number of piperidine rings is 1. The number of aromatic amines is 1. The molecule has 1 fully saturated rings. The van der Waals surface area contributed by atoms with Crippen LogP contribution in [0, 0.1) is 4.77 Å². The maximum atomic E-state index is 12.8. The van der Waals surface area contributed by atoms with E-state index in [4.69, 9.17) is 12.2 Å². The van der Waals surface area contributed by atoms with Crippen molar-refractivity contribution in [1.29, 1.82) is 0 Å². The first-order valence-corrected chi connectivity index (χ1v) is 7.53. The van der Waals surface area contributed by atoms with E-state index in [-0.39, 0.29) is 5.56 Å². The minimum Gasteiger partial charge on any atom is -0.330 e. The number of para-hydroxylation sites is 1. The van der Waals surface area contributed by atoms with Gasteiger partial charge < -0.3 is 9.99 Å². The molecule has 0 bridgehead atoms. The Labute approximate surface area is 123 Å². The van der Waals surface area contributed by atoms with Crippen molar-refractivity contribution in [2.45, 2.75) is 45.2 Å². The SMILES string of the molecule is CC1CCCC(C)N1n1c(=S)[nH]c2ccccc2c1=O. The Morgan fingerprint density at radius 2 is 1.85 bits per heavy atom. The van der Waals surface area contributed by atoms with Crippen molar-refractivity contribution >= 4 is 23.1 Å². The average molecular weight is 289 g/mol. The molecule has 2 heterocycles. The van der Waals surface area contributed by atoms with Crippen molar-refractivity contribution in [3.05, 3.63) is 39.4 Å². The highest BCUT2D eigenvalue weighted by atomic mass is 32.1. The standard InChI is InChI=1S/C15H19N3OS/c1-10-6-5-7-11(2)17(10)18-14(19)12-8-3-4-9-13(12)16-15(18)20/h3-4,8-11H,5-7H2,1-2H3,(H,16,20). The van der Waals surface area contributed by atoms with Gasteiger partial charge in [-0.25, -0.2) is 0 Å². The lowest BCUT2D eigenvalue weighted by molar-refractivity contribution is 0.328. The van der Waals surface area contributed by atoms with Crippen LogP contribution in [0.2, 0.25) is 0 Å². The van der Waals surface area contributed by atoms with E-state index in [1.54, 1.807) is 4.68 Å². The fraction of sp³-hybridized carbons (Fsp3) is 0.467. The number of hydrogen-bond donors (Lipinski definition) is 1. The summed E-state index contributed by atoms with van der Waals surface area (Å²) in [7, 11) is 0. The summed E-state index contributed by atoms with van der Waals surface area (Å²) in [5.41, 5.74) is 0.779. The lowest BCUT2D eigenvalue weighted by atomic mass is 10.00. The third kappa shape index (κ3) is 2.06. The second-order valence-corrected chi connectivity index (χ2v) is 5.99. The van der Waals surface area contributed by atoms with Gasteiger partial charge in [0, 0.05) is 12.1 Å². The molecule has 1 aliphatic heterocycles. The van der Waals surface area contributed by atoms with Crippen LogP contribution in [0.25, 0.3) is 10.9 Å². The van der Waals surface area contributed by atoms with E-state index >= 15 is 0 Å². The first-order valence-electron chi connectivity index (χ1n) is 7.12. The van der Waals surface area contributed by atoms with Gasteiger partial charge in [0.05, 0.1) is 10.9 Å². The highest BCUT2D eigenvalue weighted by molar-refractivity contribution is 7.71. The summed E-state index contributed by atoms with van der Waals surface area (Å²) in [4.78, 5) is 15.9. The predicted molar refractivity (Wildman–Crippen MR) is 84.4 cm³/mol. The van der Waals surface area contributed by atoms with Crippen LogP contribution in [0.1, 0.15) is 33.1 Å². The second-order valence-electron chi connectivity index (χ2n) is 5.60. The van der Waals surface area contributed by atoms with Crippen LogP contribution in [0.3, 0.4) is 0 Å². The Morgan fingerprint density at radius 3 is 2.55 bits per heavy atom. The van der Waals surface area contributed by atoms with Gasteiger partial charge in [0.25, 0.3) is 5.56 Å². The van der Waals surface area contributed by atoms with Gasteiger partial charge in [-0.1, -0.05) is 12.1 Å². The van der Waals surface area contributed by atoms with Crippen molar-refractivity contribution in [3.63, 3.8) is 0 Å². The molecule has 0 saturated carbocycles. The Kier molecular flexibility index (Phi) is 3.38. The second kappa shape index (κ2) is 5.05. The number of aromatic nitrogens is 2. The zero-order valence-electron chi connectivity index (χ0n) is 11.8. The van der Waals surface area contributed by atoms with Crippen LogP contribution in [0.5, 0.6) is 0 Å². The summed E-state index contributed by atoms with van der Waals surface area (Å²) in [6.45, 7) is 4.32. The Balaban J connectivity index is 2.25. The first-order chi connectivity index (χ1) is 9.59. The van der Waals surface area contributed by atoms with Crippen LogP contribution in [0.15, 0.2) is 29.1 Å². The summed E-state index contributed by atoms with van der Waals surface area (Å²) in [5, 5.41) is 2.82. The summed E-state index contributed by atoms with van der Waals surface area (Å²) in [6.07, 6.45) is 3.40. The van der Waals surface area contributed by atoms with Gasteiger partial charge >= 0.3 is 0 Å². The Bertz CT molecular complexity index is 739. The maximum absolute atomic E-state index is 12.8. The van der Waals surface area contributed by atoms with Gasteiger partial charge in [-0.15, -0.1) is 0 Å². The van der Waals surface area contributed by atoms with E-state index in [9.17, 15) is 4.79 Å². The summed E-state index contributed by atoms with van der Waals surface area (Å²) in [5.74, 6) is 0. The highest BCUT2D eigenvalue weighted by Gasteiger charge is 2.27. The van der Waals surface area contributed by atoms with Crippen LogP contribution in [-0.2, 0) is 0 Å². The molecule has 0 radical (unpaired) electrons. The third-order valence-electron chi connectivity index (χ3n) is 4.16. The van der Waals surface area contributed by atoms with Gasteiger partial charge in [-0.2, -0.15) is 4.68 Å². The molecule has 20 heavy (non-hydrogen) atoms. The third-order valence-corrected chi connectivity index (χ3v) is 4.44. The molecule has 0 amide bonds. The number of fused-ring (bicyclic) bond motifs is 1. The van der Waals surface area contributed by atoms with Gasteiger partial charge in [-0.3, -0.25) is 4.79 Å². The molecule has 5 heteroatoms. The van der Waals surface area contributed by atoms with E-state index in [0.717, 1.165) is 18.4 Å². The van der Waals surface area contributed by atoms with E-state index in [1.807, 2.05) is 24.3 Å². The van der Waals surface area contributed by atoms with Crippen LogP contribution >= 0.6 is 12.2 Å². The van der Waals surface area contributed by atoms with Gasteiger partial charge in [0.1, 0.15) is 0 Å². The zero-order valence-corrected chi connectivity index (χ0v) is 12.6. The fourth-order valence-corrected chi connectivity index (χ4v) is 3.45. The molecule has 1 saturated heterocycles. The van der Waals surface area contributed by atoms with Crippen molar-refractivity contribution in [2.24, 2.45) is 0 Å². The van der Waals surface area contributed by atoms with Gasteiger partial charge in [0.2, 0.25) is 0 Å². The minimum absolute atomic E-state index is 0.0232. The molecular formula is C15H19N3OS. The van der Waals surface area contributed by atoms with Crippen LogP contribution < -0.4 is 10.6 Å². The normalized spacial score (nSPS) is 23.2. The van der Waals surface area contributed by atoms with Crippen LogP contribution in [-0.4, -0.2) is 21.7 Å². The smallest absolute Gasteiger partial charge is 0.280 e. The van der Waals surface area contributed by atoms with E-state index in [2.05, 4.69) is 23.8 Å². The molecule has 3 rings (SSSR count). The Morgan fingerprint density at radius 1 is 1.20 bits per heavy atom. The van der Waals surface area contributed by atoms with Gasteiger partial charge in [0.15, 0.2) is 4.77 Å². The zero-order chi connectivity index (χ0) is 14.3.